The van der Waals surface area contributed by atoms with Gasteiger partial charge in [-0.05, 0) is 60.2 Å². The van der Waals surface area contributed by atoms with Gasteiger partial charge in [-0.1, -0.05) is 18.2 Å². The Morgan fingerprint density at radius 2 is 1.62 bits per heavy atom. The minimum Gasteiger partial charge on any atom is -0.282 e. The standard InChI is InChI=1S/C22H13F3N2OS/c23-16-10-8-14(9-11-16)20-13-29-22(27(20)19-7-2-1-6-18(19)25)26-21(28)15-4-3-5-17(24)12-15/h1-13H. The Kier molecular flexibility index (Phi) is 5.14. The van der Waals surface area contributed by atoms with Crippen molar-refractivity contribution in [2.45, 2.75) is 0 Å². The zero-order valence-corrected chi connectivity index (χ0v) is 15.7. The number of carbonyl (C=O) groups excluding carboxylic acids is 1. The van der Waals surface area contributed by atoms with Crippen molar-refractivity contribution in [1.82, 2.24) is 4.57 Å². The summed E-state index contributed by atoms with van der Waals surface area (Å²) < 4.78 is 42.8. The van der Waals surface area contributed by atoms with Gasteiger partial charge in [0.25, 0.3) is 5.91 Å². The molecule has 0 saturated heterocycles. The quantitative estimate of drug-likeness (QED) is 0.448. The first-order valence-electron chi connectivity index (χ1n) is 8.59. The van der Waals surface area contributed by atoms with E-state index in [1.807, 2.05) is 0 Å². The Bertz CT molecular complexity index is 1260. The number of rotatable bonds is 3. The van der Waals surface area contributed by atoms with Crippen molar-refractivity contribution in [2.75, 3.05) is 0 Å². The molecule has 7 heteroatoms. The minimum absolute atomic E-state index is 0.0850. The van der Waals surface area contributed by atoms with E-state index in [0.29, 0.717) is 11.3 Å². The van der Waals surface area contributed by atoms with Crippen molar-refractivity contribution in [3.63, 3.8) is 0 Å². The highest BCUT2D eigenvalue weighted by Gasteiger charge is 2.15. The van der Waals surface area contributed by atoms with Crippen LogP contribution in [0.15, 0.2) is 83.2 Å². The molecule has 4 rings (SSSR count). The van der Waals surface area contributed by atoms with E-state index in [0.717, 1.165) is 17.4 Å². The summed E-state index contributed by atoms with van der Waals surface area (Å²) in [6.07, 6.45) is 0. The van der Waals surface area contributed by atoms with Crippen molar-refractivity contribution < 1.29 is 18.0 Å². The van der Waals surface area contributed by atoms with Gasteiger partial charge in [0.2, 0.25) is 0 Å². The van der Waals surface area contributed by atoms with Gasteiger partial charge in [0.05, 0.1) is 11.4 Å². The van der Waals surface area contributed by atoms with E-state index in [1.54, 1.807) is 35.7 Å². The average molecular weight is 410 g/mol. The van der Waals surface area contributed by atoms with Crippen molar-refractivity contribution in [1.29, 1.82) is 0 Å². The zero-order valence-electron chi connectivity index (χ0n) is 14.9. The minimum atomic E-state index is -0.651. The molecule has 4 aromatic rings. The predicted molar refractivity (Wildman–Crippen MR) is 105 cm³/mol. The Labute approximate surface area is 168 Å². The first-order chi connectivity index (χ1) is 14.0. The molecule has 1 heterocycles. The van der Waals surface area contributed by atoms with Crippen LogP contribution in [-0.4, -0.2) is 10.5 Å². The summed E-state index contributed by atoms with van der Waals surface area (Å²) in [4.78, 5) is 16.8. The van der Waals surface area contributed by atoms with E-state index in [-0.39, 0.29) is 16.1 Å². The molecule has 1 aromatic heterocycles. The highest BCUT2D eigenvalue weighted by Crippen LogP contribution is 2.25. The molecule has 3 nitrogen and oxygen atoms in total. The normalized spacial score (nSPS) is 11.6. The Hall–Kier alpha value is -3.45. The Balaban J connectivity index is 1.92. The van der Waals surface area contributed by atoms with Gasteiger partial charge in [0.1, 0.15) is 17.5 Å². The SMILES string of the molecule is O=C(N=c1scc(-c2ccc(F)cc2)n1-c1ccccc1F)c1cccc(F)c1. The molecule has 0 aliphatic heterocycles. The molecule has 3 aromatic carbocycles. The van der Waals surface area contributed by atoms with E-state index < -0.39 is 23.4 Å². The second-order valence-corrected chi connectivity index (χ2v) is 6.96. The van der Waals surface area contributed by atoms with Gasteiger partial charge in [-0.15, -0.1) is 11.3 Å². The maximum atomic E-state index is 14.6. The summed E-state index contributed by atoms with van der Waals surface area (Å²) >= 11 is 1.13. The van der Waals surface area contributed by atoms with Crippen molar-refractivity contribution in [3.05, 3.63) is 106 Å². The molecule has 0 radical (unpaired) electrons. The fourth-order valence-corrected chi connectivity index (χ4v) is 3.75. The predicted octanol–water partition coefficient (Wildman–Crippen LogP) is 5.36. The van der Waals surface area contributed by atoms with E-state index in [1.165, 1.54) is 41.0 Å². The summed E-state index contributed by atoms with van der Waals surface area (Å²) in [5, 5.41) is 1.71. The van der Waals surface area contributed by atoms with E-state index in [4.69, 9.17) is 0 Å². The van der Waals surface area contributed by atoms with Crippen LogP contribution in [0.2, 0.25) is 0 Å². The number of hydrogen-bond donors (Lipinski definition) is 0. The molecule has 0 N–H and O–H groups in total. The summed E-state index contributed by atoms with van der Waals surface area (Å²) in [5.74, 6) is -2.10. The molecule has 0 aliphatic rings. The van der Waals surface area contributed by atoms with Crippen LogP contribution in [0.5, 0.6) is 0 Å². The van der Waals surface area contributed by atoms with E-state index in [2.05, 4.69) is 4.99 Å². The van der Waals surface area contributed by atoms with Crippen LogP contribution in [0, 0.1) is 17.5 Å². The lowest BCUT2D eigenvalue weighted by molar-refractivity contribution is 0.0997. The Morgan fingerprint density at radius 1 is 0.862 bits per heavy atom. The number of aromatic nitrogens is 1. The lowest BCUT2D eigenvalue weighted by Crippen LogP contribution is -2.17. The van der Waals surface area contributed by atoms with Crippen molar-refractivity contribution in [3.8, 4) is 16.9 Å². The van der Waals surface area contributed by atoms with Gasteiger partial charge in [-0.3, -0.25) is 9.36 Å². The Morgan fingerprint density at radius 3 is 2.34 bits per heavy atom. The molecule has 0 atom stereocenters. The number of carbonyl (C=O) groups is 1. The number of amides is 1. The number of nitrogens with zero attached hydrogens (tertiary/aromatic N) is 2. The van der Waals surface area contributed by atoms with E-state index >= 15 is 0 Å². The summed E-state index contributed by atoms with van der Waals surface area (Å²) in [5.41, 5.74) is 1.46. The number of para-hydroxylation sites is 1. The van der Waals surface area contributed by atoms with Crippen LogP contribution in [-0.2, 0) is 0 Å². The topological polar surface area (TPSA) is 34.4 Å². The van der Waals surface area contributed by atoms with Gasteiger partial charge in [-0.2, -0.15) is 4.99 Å². The maximum Gasteiger partial charge on any atom is 0.279 e. The second-order valence-electron chi connectivity index (χ2n) is 6.12. The summed E-state index contributed by atoms with van der Waals surface area (Å²) in [6, 6.07) is 17.0. The van der Waals surface area contributed by atoms with Crippen LogP contribution in [0.3, 0.4) is 0 Å². The molecule has 0 aliphatic carbocycles. The van der Waals surface area contributed by atoms with Crippen LogP contribution in [0.4, 0.5) is 13.2 Å². The smallest absolute Gasteiger partial charge is 0.279 e. The highest BCUT2D eigenvalue weighted by molar-refractivity contribution is 7.07. The molecular weight excluding hydrogens is 397 g/mol. The van der Waals surface area contributed by atoms with Gasteiger partial charge >= 0.3 is 0 Å². The average Bonchev–Trinajstić information content (AvgIpc) is 3.12. The summed E-state index contributed by atoms with van der Waals surface area (Å²) in [7, 11) is 0. The highest BCUT2D eigenvalue weighted by atomic mass is 32.1. The third-order valence-corrected chi connectivity index (χ3v) is 5.04. The molecule has 0 saturated carbocycles. The number of hydrogen-bond acceptors (Lipinski definition) is 2. The maximum absolute atomic E-state index is 14.6. The molecule has 0 fully saturated rings. The van der Waals surface area contributed by atoms with Crippen molar-refractivity contribution >= 4 is 17.2 Å². The van der Waals surface area contributed by atoms with Gasteiger partial charge in [0.15, 0.2) is 4.80 Å². The van der Waals surface area contributed by atoms with Crippen LogP contribution >= 0.6 is 11.3 Å². The molecule has 0 bridgehead atoms. The zero-order chi connectivity index (χ0) is 20.4. The monoisotopic (exact) mass is 410 g/mol. The van der Waals surface area contributed by atoms with Gasteiger partial charge in [-0.25, -0.2) is 13.2 Å². The van der Waals surface area contributed by atoms with Crippen LogP contribution in [0.1, 0.15) is 10.4 Å². The molecule has 29 heavy (non-hydrogen) atoms. The summed E-state index contributed by atoms with van der Waals surface area (Å²) in [6.45, 7) is 0. The largest absolute Gasteiger partial charge is 0.282 e. The first-order valence-corrected chi connectivity index (χ1v) is 9.47. The van der Waals surface area contributed by atoms with E-state index in [9.17, 15) is 18.0 Å². The number of benzene rings is 3. The second kappa shape index (κ2) is 7.89. The van der Waals surface area contributed by atoms with Gasteiger partial charge in [0, 0.05) is 10.9 Å². The lowest BCUT2D eigenvalue weighted by atomic mass is 10.1. The van der Waals surface area contributed by atoms with Crippen molar-refractivity contribution in [2.24, 2.45) is 4.99 Å². The third kappa shape index (κ3) is 3.90. The fraction of sp³-hybridized carbons (Fsp3) is 0. The molecule has 144 valence electrons. The third-order valence-electron chi connectivity index (χ3n) is 4.21. The van der Waals surface area contributed by atoms with Crippen LogP contribution in [0.25, 0.3) is 16.9 Å². The number of thiazole rings is 1. The molecule has 0 spiro atoms. The molecular formula is C22H13F3N2OS. The first kappa shape index (κ1) is 18.9. The van der Waals surface area contributed by atoms with Crippen LogP contribution < -0.4 is 4.80 Å². The molecule has 1 amide bonds. The number of halogens is 3. The van der Waals surface area contributed by atoms with Gasteiger partial charge < -0.3 is 0 Å². The lowest BCUT2D eigenvalue weighted by Gasteiger charge is -2.10. The molecule has 0 unspecified atom stereocenters. The fourth-order valence-electron chi connectivity index (χ4n) is 2.85.